The fourth-order valence-electron chi connectivity index (χ4n) is 2.20. The van der Waals surface area contributed by atoms with E-state index in [-0.39, 0.29) is 17.9 Å². The van der Waals surface area contributed by atoms with Crippen molar-refractivity contribution in [1.29, 1.82) is 0 Å². The zero-order valence-corrected chi connectivity index (χ0v) is 16.0. The number of carbonyl (C=O) groups is 1. The summed E-state index contributed by atoms with van der Waals surface area (Å²) in [5.74, 6) is 0.380. The summed E-state index contributed by atoms with van der Waals surface area (Å²) in [6.45, 7) is 1.78. The number of ether oxygens (including phenoxy) is 1. The Hall–Kier alpha value is -1.80. The van der Waals surface area contributed by atoms with Gasteiger partial charge in [0.25, 0.3) is 5.56 Å². The number of rotatable bonds is 6. The third-order valence-corrected chi connectivity index (χ3v) is 4.50. The van der Waals surface area contributed by atoms with Gasteiger partial charge in [-0.25, -0.2) is 4.98 Å². The molecule has 0 unspecified atom stereocenters. The number of methoxy groups -OCH3 is 1. The SMILES string of the molecule is COc1ccc(Br)cc1NC(=O)CCc1c(C)nc(SC)[nH]c1=O. The van der Waals surface area contributed by atoms with Crippen LogP contribution in [0.4, 0.5) is 5.69 Å². The minimum atomic E-state index is -0.195. The lowest BCUT2D eigenvalue weighted by Gasteiger charge is -2.11. The number of nitrogens with one attached hydrogen (secondary N) is 2. The molecule has 2 N–H and O–H groups in total. The predicted molar refractivity (Wildman–Crippen MR) is 99.0 cm³/mol. The molecule has 0 spiro atoms. The Morgan fingerprint density at radius 1 is 1.46 bits per heavy atom. The van der Waals surface area contributed by atoms with Crippen LogP contribution in [0.2, 0.25) is 0 Å². The molecule has 0 radical (unpaired) electrons. The molecule has 24 heavy (non-hydrogen) atoms. The number of H-pyrrole nitrogens is 1. The van der Waals surface area contributed by atoms with Crippen molar-refractivity contribution in [2.75, 3.05) is 18.7 Å². The van der Waals surface area contributed by atoms with Crippen molar-refractivity contribution in [2.45, 2.75) is 24.9 Å². The molecule has 128 valence electrons. The highest BCUT2D eigenvalue weighted by atomic mass is 79.9. The van der Waals surface area contributed by atoms with Gasteiger partial charge < -0.3 is 15.0 Å². The molecule has 1 aromatic carbocycles. The molecule has 0 aliphatic rings. The molecule has 2 rings (SSSR count). The van der Waals surface area contributed by atoms with E-state index in [1.807, 2.05) is 12.3 Å². The fourth-order valence-corrected chi connectivity index (χ4v) is 2.99. The molecule has 0 atom stereocenters. The Bertz CT molecular complexity index is 808. The molecule has 0 aliphatic carbocycles. The van der Waals surface area contributed by atoms with Crippen molar-refractivity contribution in [3.8, 4) is 5.75 Å². The molecule has 6 nitrogen and oxygen atoms in total. The number of amides is 1. The van der Waals surface area contributed by atoms with E-state index in [1.54, 1.807) is 26.2 Å². The van der Waals surface area contributed by atoms with Crippen LogP contribution in [0.25, 0.3) is 0 Å². The van der Waals surface area contributed by atoms with Gasteiger partial charge in [-0.1, -0.05) is 27.7 Å². The van der Waals surface area contributed by atoms with Crippen molar-refractivity contribution in [2.24, 2.45) is 0 Å². The molecular formula is C16H18BrN3O3S. The zero-order valence-electron chi connectivity index (χ0n) is 13.6. The van der Waals surface area contributed by atoms with E-state index in [9.17, 15) is 9.59 Å². The average molecular weight is 412 g/mol. The van der Waals surface area contributed by atoms with Crippen LogP contribution in [0.3, 0.4) is 0 Å². The van der Waals surface area contributed by atoms with Crippen LogP contribution in [0, 0.1) is 6.92 Å². The summed E-state index contributed by atoms with van der Waals surface area (Å²) >= 11 is 4.73. The fraction of sp³-hybridized carbons (Fsp3) is 0.312. The van der Waals surface area contributed by atoms with Gasteiger partial charge in [-0.05, 0) is 37.8 Å². The summed E-state index contributed by atoms with van der Waals surface area (Å²) in [5, 5.41) is 3.38. The van der Waals surface area contributed by atoms with E-state index in [4.69, 9.17) is 4.74 Å². The van der Waals surface area contributed by atoms with Gasteiger partial charge in [0.1, 0.15) is 5.75 Å². The monoisotopic (exact) mass is 411 g/mol. The van der Waals surface area contributed by atoms with Gasteiger partial charge in [0.15, 0.2) is 5.16 Å². The number of hydrogen-bond acceptors (Lipinski definition) is 5. The smallest absolute Gasteiger partial charge is 0.254 e. The molecule has 0 bridgehead atoms. The van der Waals surface area contributed by atoms with Gasteiger partial charge >= 0.3 is 0 Å². The maximum absolute atomic E-state index is 12.2. The lowest BCUT2D eigenvalue weighted by molar-refractivity contribution is -0.116. The Balaban J connectivity index is 2.07. The van der Waals surface area contributed by atoms with Crippen molar-refractivity contribution in [3.05, 3.63) is 44.3 Å². The number of aromatic amines is 1. The predicted octanol–water partition coefficient (Wildman–Crippen LogP) is 3.14. The highest BCUT2D eigenvalue weighted by molar-refractivity contribution is 9.10. The van der Waals surface area contributed by atoms with Gasteiger partial charge in [-0.2, -0.15) is 0 Å². The molecule has 0 saturated carbocycles. The molecular weight excluding hydrogens is 394 g/mol. The number of aromatic nitrogens is 2. The number of carbonyl (C=O) groups excluding carboxylic acids is 1. The van der Waals surface area contributed by atoms with E-state index in [0.717, 1.165) is 4.47 Å². The third kappa shape index (κ3) is 4.61. The van der Waals surface area contributed by atoms with Crippen molar-refractivity contribution >= 4 is 39.3 Å². The van der Waals surface area contributed by atoms with Crippen LogP contribution in [-0.2, 0) is 11.2 Å². The first kappa shape index (κ1) is 18.5. The van der Waals surface area contributed by atoms with E-state index < -0.39 is 0 Å². The normalized spacial score (nSPS) is 10.5. The second kappa shape index (κ2) is 8.34. The van der Waals surface area contributed by atoms with E-state index >= 15 is 0 Å². The van der Waals surface area contributed by atoms with Gasteiger partial charge in [0, 0.05) is 22.2 Å². The number of halogens is 1. The number of benzene rings is 1. The molecule has 1 heterocycles. The number of aryl methyl sites for hydroxylation is 1. The zero-order chi connectivity index (χ0) is 17.7. The van der Waals surface area contributed by atoms with Gasteiger partial charge in [-0.3, -0.25) is 9.59 Å². The van der Waals surface area contributed by atoms with Crippen LogP contribution in [0.1, 0.15) is 17.7 Å². The number of hydrogen-bond donors (Lipinski definition) is 2. The minimum absolute atomic E-state index is 0.180. The summed E-state index contributed by atoms with van der Waals surface area (Å²) in [6, 6.07) is 5.36. The maximum Gasteiger partial charge on any atom is 0.254 e. The summed E-state index contributed by atoms with van der Waals surface area (Å²) in [4.78, 5) is 31.3. The molecule has 8 heteroatoms. The lowest BCUT2D eigenvalue weighted by Crippen LogP contribution is -2.20. The number of nitrogens with zero attached hydrogens (tertiary/aromatic N) is 1. The topological polar surface area (TPSA) is 84.1 Å². The highest BCUT2D eigenvalue weighted by Crippen LogP contribution is 2.28. The first-order valence-electron chi connectivity index (χ1n) is 7.21. The summed E-state index contributed by atoms with van der Waals surface area (Å²) in [5.41, 5.74) is 1.57. The van der Waals surface area contributed by atoms with E-state index in [0.29, 0.717) is 34.3 Å². The lowest BCUT2D eigenvalue weighted by atomic mass is 10.1. The summed E-state index contributed by atoms with van der Waals surface area (Å²) in [6.07, 6.45) is 2.35. The standard InChI is InChI=1S/C16H18BrN3O3S/c1-9-11(15(22)20-16(18-9)24-3)5-7-14(21)19-12-8-10(17)4-6-13(12)23-2/h4,6,8H,5,7H2,1-3H3,(H,19,21)(H,18,20,22). The van der Waals surface area contributed by atoms with Crippen molar-refractivity contribution in [1.82, 2.24) is 9.97 Å². The molecule has 1 aromatic heterocycles. The Morgan fingerprint density at radius 2 is 2.21 bits per heavy atom. The largest absolute Gasteiger partial charge is 0.495 e. The second-order valence-electron chi connectivity index (χ2n) is 5.03. The van der Waals surface area contributed by atoms with Gasteiger partial charge in [0.2, 0.25) is 5.91 Å². The number of thioether (sulfide) groups is 1. The Kier molecular flexibility index (Phi) is 6.44. The van der Waals surface area contributed by atoms with Crippen LogP contribution in [-0.4, -0.2) is 29.2 Å². The van der Waals surface area contributed by atoms with Crippen LogP contribution < -0.4 is 15.6 Å². The molecule has 0 aliphatic heterocycles. The van der Waals surface area contributed by atoms with Crippen LogP contribution in [0.5, 0.6) is 5.75 Å². The van der Waals surface area contributed by atoms with Crippen molar-refractivity contribution in [3.63, 3.8) is 0 Å². The second-order valence-corrected chi connectivity index (χ2v) is 6.74. The average Bonchev–Trinajstić information content (AvgIpc) is 2.54. The third-order valence-electron chi connectivity index (χ3n) is 3.43. The molecule has 2 aromatic rings. The quantitative estimate of drug-likeness (QED) is 0.563. The molecule has 1 amide bonds. The Labute approximate surface area is 152 Å². The van der Waals surface area contributed by atoms with E-state index in [1.165, 1.54) is 11.8 Å². The molecule has 0 fully saturated rings. The minimum Gasteiger partial charge on any atom is -0.495 e. The van der Waals surface area contributed by atoms with Crippen LogP contribution >= 0.6 is 27.7 Å². The molecule has 0 saturated heterocycles. The van der Waals surface area contributed by atoms with Gasteiger partial charge in [0.05, 0.1) is 12.8 Å². The van der Waals surface area contributed by atoms with Gasteiger partial charge in [-0.15, -0.1) is 0 Å². The summed E-state index contributed by atoms with van der Waals surface area (Å²) in [7, 11) is 1.54. The summed E-state index contributed by atoms with van der Waals surface area (Å²) < 4.78 is 6.06. The number of anilines is 1. The first-order valence-corrected chi connectivity index (χ1v) is 9.23. The highest BCUT2D eigenvalue weighted by Gasteiger charge is 2.12. The first-order chi connectivity index (χ1) is 11.4. The van der Waals surface area contributed by atoms with Crippen LogP contribution in [0.15, 0.2) is 32.6 Å². The Morgan fingerprint density at radius 3 is 2.83 bits per heavy atom. The maximum atomic E-state index is 12.2. The van der Waals surface area contributed by atoms with E-state index in [2.05, 4.69) is 31.2 Å². The van der Waals surface area contributed by atoms with Crippen molar-refractivity contribution < 1.29 is 9.53 Å².